The van der Waals surface area contributed by atoms with E-state index in [1.165, 1.54) is 28.2 Å². The second-order valence-electron chi connectivity index (χ2n) is 8.53. The van der Waals surface area contributed by atoms with E-state index < -0.39 is 23.9 Å². The van der Waals surface area contributed by atoms with E-state index in [2.05, 4.69) is 15.4 Å². The summed E-state index contributed by atoms with van der Waals surface area (Å²) in [6.07, 6.45) is -1.26. The highest BCUT2D eigenvalue weighted by Crippen LogP contribution is 2.44. The number of carbonyl (C=O) groups is 2. The number of primary amides is 1. The molecule has 0 unspecified atom stereocenters. The third kappa shape index (κ3) is 5.49. The number of ether oxygens (including phenoxy) is 1. The molecular weight excluding hydrogens is 568 g/mol. The molecule has 3 N–H and O–H groups in total. The summed E-state index contributed by atoms with van der Waals surface area (Å²) in [4.78, 5) is 31.4. The van der Waals surface area contributed by atoms with Gasteiger partial charge in [0, 0.05) is 31.9 Å². The number of amides is 2. The zero-order valence-electron chi connectivity index (χ0n) is 20.5. The number of nitrogens with zero attached hydrogens (tertiary/aromatic N) is 3. The van der Waals surface area contributed by atoms with E-state index >= 15 is 0 Å². The second kappa shape index (κ2) is 10.7. The number of carbonyl (C=O) groups excluding carboxylic acids is 2. The number of nitrogens with one attached hydrogen (secondary N) is 1. The molecule has 0 radical (unpaired) electrons. The van der Waals surface area contributed by atoms with Crippen LogP contribution in [0.5, 0.6) is 5.75 Å². The third-order valence-electron chi connectivity index (χ3n) is 5.74. The molecule has 1 aromatic carbocycles. The molecule has 5 aromatic rings. The fourth-order valence-corrected chi connectivity index (χ4v) is 6.07. The van der Waals surface area contributed by atoms with E-state index in [-0.39, 0.29) is 27.8 Å². The summed E-state index contributed by atoms with van der Waals surface area (Å²) in [5.74, 6) is -0.828. The van der Waals surface area contributed by atoms with Gasteiger partial charge in [-0.1, -0.05) is 11.6 Å². The van der Waals surface area contributed by atoms with Crippen LogP contribution >= 0.6 is 34.3 Å². The number of anilines is 1. The smallest absolute Gasteiger partial charge is 0.280 e. The van der Waals surface area contributed by atoms with E-state index in [9.17, 15) is 18.4 Å². The van der Waals surface area contributed by atoms with Crippen molar-refractivity contribution < 1.29 is 23.1 Å². The minimum Gasteiger partial charge on any atom is -0.471 e. The topological polar surface area (TPSA) is 112 Å². The predicted molar refractivity (Wildman–Crippen MR) is 148 cm³/mol. The Morgan fingerprint density at radius 1 is 1.15 bits per heavy atom. The van der Waals surface area contributed by atoms with Crippen LogP contribution in [-0.4, -0.2) is 26.6 Å². The fourth-order valence-electron chi connectivity index (χ4n) is 3.94. The van der Waals surface area contributed by atoms with Crippen LogP contribution in [0.15, 0.2) is 48.7 Å². The summed E-state index contributed by atoms with van der Waals surface area (Å²) in [6, 6.07) is 11.6. The minimum absolute atomic E-state index is 0.00669. The van der Waals surface area contributed by atoms with Crippen molar-refractivity contribution in [2.45, 2.75) is 27.0 Å². The van der Waals surface area contributed by atoms with Gasteiger partial charge in [0.2, 0.25) is 0 Å². The molecule has 0 saturated carbocycles. The molecule has 0 aliphatic carbocycles. The van der Waals surface area contributed by atoms with Crippen LogP contribution in [0.3, 0.4) is 0 Å². The molecule has 5 rings (SSSR count). The fraction of sp³-hybridized carbons (Fsp3) is 0.154. The van der Waals surface area contributed by atoms with Crippen molar-refractivity contribution in [2.75, 3.05) is 5.32 Å². The maximum absolute atomic E-state index is 13.7. The number of thiophene rings is 2. The van der Waals surface area contributed by atoms with E-state index in [0.29, 0.717) is 26.6 Å². The monoisotopic (exact) mass is 587 g/mol. The lowest BCUT2D eigenvalue weighted by atomic mass is 10.1. The number of halogens is 3. The van der Waals surface area contributed by atoms with Crippen LogP contribution in [0.4, 0.5) is 14.5 Å². The SMILES string of the molecule is Cc1ccc(-c2cc(C(F)F)nc3sc(C(N)=O)c(NC(=O)c4ccn(COc5ccc(Cl)cc5C)n4)c23)s1. The van der Waals surface area contributed by atoms with Gasteiger partial charge in [0.15, 0.2) is 12.4 Å². The Hall–Kier alpha value is -3.87. The van der Waals surface area contributed by atoms with Crippen molar-refractivity contribution in [1.82, 2.24) is 14.8 Å². The Morgan fingerprint density at radius 2 is 1.95 bits per heavy atom. The molecule has 2 amide bonds. The molecule has 39 heavy (non-hydrogen) atoms. The van der Waals surface area contributed by atoms with Crippen molar-refractivity contribution in [3.05, 3.63) is 80.4 Å². The minimum atomic E-state index is -2.82. The molecule has 200 valence electrons. The molecule has 4 heterocycles. The number of aryl methyl sites for hydroxylation is 2. The third-order valence-corrected chi connectivity index (χ3v) is 8.10. The molecule has 0 fully saturated rings. The van der Waals surface area contributed by atoms with E-state index in [4.69, 9.17) is 22.1 Å². The Morgan fingerprint density at radius 3 is 2.62 bits per heavy atom. The lowest BCUT2D eigenvalue weighted by Gasteiger charge is -2.10. The van der Waals surface area contributed by atoms with Gasteiger partial charge in [0.1, 0.15) is 21.2 Å². The molecule has 0 saturated heterocycles. The summed E-state index contributed by atoms with van der Waals surface area (Å²) in [5, 5.41) is 7.92. The van der Waals surface area contributed by atoms with Crippen molar-refractivity contribution >= 4 is 62.0 Å². The molecule has 0 spiro atoms. The molecule has 0 aliphatic rings. The largest absolute Gasteiger partial charge is 0.471 e. The Bertz CT molecular complexity index is 1730. The van der Waals surface area contributed by atoms with Crippen LogP contribution < -0.4 is 15.8 Å². The molecule has 4 aromatic heterocycles. The Labute approximate surface area is 234 Å². The molecule has 8 nitrogen and oxygen atoms in total. The average Bonchev–Trinajstić information content (AvgIpc) is 3.62. The van der Waals surface area contributed by atoms with Gasteiger partial charge in [-0.05, 0) is 61.9 Å². The Balaban J connectivity index is 1.48. The van der Waals surface area contributed by atoms with Crippen LogP contribution in [-0.2, 0) is 6.73 Å². The normalized spacial score (nSPS) is 11.3. The van der Waals surface area contributed by atoms with E-state index in [1.54, 1.807) is 30.5 Å². The average molecular weight is 588 g/mol. The van der Waals surface area contributed by atoms with Gasteiger partial charge >= 0.3 is 0 Å². The zero-order valence-corrected chi connectivity index (χ0v) is 22.9. The molecule has 0 atom stereocenters. The number of pyridine rings is 1. The van der Waals surface area contributed by atoms with Crippen LogP contribution in [0.2, 0.25) is 5.02 Å². The first kappa shape index (κ1) is 26.7. The van der Waals surface area contributed by atoms with Crippen LogP contribution in [0.1, 0.15) is 42.7 Å². The van der Waals surface area contributed by atoms with Gasteiger partial charge in [-0.2, -0.15) is 5.10 Å². The summed E-state index contributed by atoms with van der Waals surface area (Å²) < 4.78 is 34.5. The standard InChI is InChI=1S/C26H20ClF2N5O3S2/c1-12-9-14(27)4-5-18(12)37-11-34-8-7-16(33-34)25(36)32-21-20-15(19-6-3-13(2)38-19)10-17(23(28)29)31-26(20)39-22(21)24(30)35/h3-10,23H,11H2,1-2H3,(H2,30,35)(H,32,36). The number of hydrogen-bond donors (Lipinski definition) is 2. The van der Waals surface area contributed by atoms with E-state index in [1.807, 2.05) is 19.9 Å². The van der Waals surface area contributed by atoms with Gasteiger partial charge in [0.05, 0.1) is 5.69 Å². The zero-order chi connectivity index (χ0) is 27.8. The van der Waals surface area contributed by atoms with Gasteiger partial charge in [-0.25, -0.2) is 18.4 Å². The number of alkyl halides is 2. The number of aromatic nitrogens is 3. The maximum atomic E-state index is 13.7. The first-order valence-corrected chi connectivity index (χ1v) is 13.5. The highest BCUT2D eigenvalue weighted by molar-refractivity contribution is 7.21. The Kier molecular flexibility index (Phi) is 7.34. The van der Waals surface area contributed by atoms with Gasteiger partial charge in [-0.15, -0.1) is 22.7 Å². The summed E-state index contributed by atoms with van der Waals surface area (Å²) in [6.45, 7) is 3.78. The first-order chi connectivity index (χ1) is 18.6. The summed E-state index contributed by atoms with van der Waals surface area (Å²) >= 11 is 8.22. The first-order valence-electron chi connectivity index (χ1n) is 11.5. The lowest BCUT2D eigenvalue weighted by molar-refractivity contribution is 0.100. The number of benzene rings is 1. The molecule has 0 aliphatic heterocycles. The van der Waals surface area contributed by atoms with Crippen LogP contribution in [0, 0.1) is 13.8 Å². The van der Waals surface area contributed by atoms with Crippen molar-refractivity contribution in [1.29, 1.82) is 0 Å². The number of nitrogens with two attached hydrogens (primary N) is 1. The van der Waals surface area contributed by atoms with Gasteiger partial charge in [-0.3, -0.25) is 9.59 Å². The molecular formula is C26H20ClF2N5O3S2. The highest BCUT2D eigenvalue weighted by Gasteiger charge is 2.26. The van der Waals surface area contributed by atoms with Crippen LogP contribution in [0.25, 0.3) is 20.7 Å². The van der Waals surface area contributed by atoms with Gasteiger partial charge < -0.3 is 15.8 Å². The number of fused-ring (bicyclic) bond motifs is 1. The van der Waals surface area contributed by atoms with Crippen molar-refractivity contribution in [3.8, 4) is 16.2 Å². The second-order valence-corrected chi connectivity index (χ2v) is 11.3. The molecule has 0 bridgehead atoms. The van der Waals surface area contributed by atoms with E-state index in [0.717, 1.165) is 21.8 Å². The van der Waals surface area contributed by atoms with Crippen molar-refractivity contribution in [2.24, 2.45) is 5.73 Å². The lowest BCUT2D eigenvalue weighted by Crippen LogP contribution is -2.18. The quantitative estimate of drug-likeness (QED) is 0.207. The summed E-state index contributed by atoms with van der Waals surface area (Å²) in [5.41, 5.74) is 6.58. The maximum Gasteiger partial charge on any atom is 0.280 e. The number of hydrogen-bond acceptors (Lipinski definition) is 7. The molecule has 13 heteroatoms. The highest BCUT2D eigenvalue weighted by atomic mass is 35.5. The predicted octanol–water partition coefficient (Wildman–Crippen LogP) is 6.82. The van der Waals surface area contributed by atoms with Crippen molar-refractivity contribution in [3.63, 3.8) is 0 Å². The summed E-state index contributed by atoms with van der Waals surface area (Å²) in [7, 11) is 0. The number of rotatable bonds is 8. The van der Waals surface area contributed by atoms with Gasteiger partial charge in [0.25, 0.3) is 18.2 Å².